The molecule has 0 fully saturated rings. The van der Waals surface area contributed by atoms with Crippen LogP contribution in [0.3, 0.4) is 0 Å². The number of hydrogen-bond donors (Lipinski definition) is 2. The van der Waals surface area contributed by atoms with E-state index in [1.165, 1.54) is 0 Å². The standard InChI is InChI=1S/C17H20BrN3O4/c1-11(2)17(3,10-19)21-14(22)9-25-15(23)8-20-16(24)12-6-4-5-7-13(12)18/h4-7,11H,8-9H2,1-3H3,(H,20,24)(H,21,22)/t17-/m0/s1. The van der Waals surface area contributed by atoms with Crippen molar-refractivity contribution < 1.29 is 19.1 Å². The van der Waals surface area contributed by atoms with Crippen molar-refractivity contribution in [2.24, 2.45) is 5.92 Å². The molecule has 1 rings (SSSR count). The summed E-state index contributed by atoms with van der Waals surface area (Å²) in [7, 11) is 0. The summed E-state index contributed by atoms with van der Waals surface area (Å²) >= 11 is 3.24. The van der Waals surface area contributed by atoms with Crippen molar-refractivity contribution in [1.82, 2.24) is 10.6 Å². The second-order valence-corrected chi connectivity index (χ2v) is 6.69. The topological polar surface area (TPSA) is 108 Å². The Kier molecular flexibility index (Phi) is 7.58. The average Bonchev–Trinajstić information content (AvgIpc) is 2.57. The normalized spacial score (nSPS) is 12.6. The van der Waals surface area contributed by atoms with Crippen LogP contribution in [-0.4, -0.2) is 36.5 Å². The van der Waals surface area contributed by atoms with Crippen LogP contribution in [-0.2, 0) is 14.3 Å². The van der Waals surface area contributed by atoms with Gasteiger partial charge in [-0.3, -0.25) is 14.4 Å². The van der Waals surface area contributed by atoms with Gasteiger partial charge in [0.25, 0.3) is 11.8 Å². The monoisotopic (exact) mass is 409 g/mol. The predicted octanol–water partition coefficient (Wildman–Crippen LogP) is 1.78. The minimum atomic E-state index is -1.04. The van der Waals surface area contributed by atoms with Crippen molar-refractivity contribution in [3.8, 4) is 6.07 Å². The van der Waals surface area contributed by atoms with Crippen LogP contribution in [0.15, 0.2) is 28.7 Å². The Morgan fingerprint density at radius 3 is 2.52 bits per heavy atom. The van der Waals surface area contributed by atoms with Crippen LogP contribution in [0, 0.1) is 17.2 Å². The summed E-state index contributed by atoms with van der Waals surface area (Å²) in [5, 5.41) is 14.1. The molecule has 0 radical (unpaired) electrons. The molecule has 7 nitrogen and oxygen atoms in total. The summed E-state index contributed by atoms with van der Waals surface area (Å²) < 4.78 is 5.41. The summed E-state index contributed by atoms with van der Waals surface area (Å²) in [5.74, 6) is -1.88. The van der Waals surface area contributed by atoms with E-state index in [-0.39, 0.29) is 12.5 Å². The fourth-order valence-electron chi connectivity index (χ4n) is 1.72. The quantitative estimate of drug-likeness (QED) is 0.667. The third kappa shape index (κ3) is 6.19. The highest BCUT2D eigenvalue weighted by Gasteiger charge is 2.30. The van der Waals surface area contributed by atoms with Gasteiger partial charge in [0.05, 0.1) is 11.6 Å². The third-order valence-electron chi connectivity index (χ3n) is 3.66. The number of nitriles is 1. The van der Waals surface area contributed by atoms with E-state index >= 15 is 0 Å². The highest BCUT2D eigenvalue weighted by atomic mass is 79.9. The maximum atomic E-state index is 11.9. The first-order valence-electron chi connectivity index (χ1n) is 7.60. The van der Waals surface area contributed by atoms with Crippen LogP contribution in [0.1, 0.15) is 31.1 Å². The number of ether oxygens (including phenoxy) is 1. The van der Waals surface area contributed by atoms with Gasteiger partial charge in [-0.05, 0) is 40.9 Å². The number of carbonyl (C=O) groups is 3. The molecule has 0 saturated carbocycles. The minimum Gasteiger partial charge on any atom is -0.454 e. The van der Waals surface area contributed by atoms with Gasteiger partial charge in [0.1, 0.15) is 12.1 Å². The fraction of sp³-hybridized carbons (Fsp3) is 0.412. The number of carbonyl (C=O) groups excluding carboxylic acids is 3. The van der Waals surface area contributed by atoms with Crippen LogP contribution >= 0.6 is 15.9 Å². The van der Waals surface area contributed by atoms with E-state index in [1.807, 2.05) is 6.07 Å². The lowest BCUT2D eigenvalue weighted by Crippen LogP contribution is -2.50. The molecule has 0 heterocycles. The Morgan fingerprint density at radius 2 is 1.96 bits per heavy atom. The molecule has 0 spiro atoms. The Balaban J connectivity index is 2.43. The number of nitrogens with zero attached hydrogens (tertiary/aromatic N) is 1. The molecule has 2 N–H and O–H groups in total. The van der Waals surface area contributed by atoms with Gasteiger partial charge in [-0.2, -0.15) is 5.26 Å². The first-order valence-corrected chi connectivity index (χ1v) is 8.39. The SMILES string of the molecule is CC(C)[C@](C)(C#N)NC(=O)COC(=O)CNC(=O)c1ccccc1Br. The van der Waals surface area contributed by atoms with Crippen molar-refractivity contribution in [1.29, 1.82) is 5.26 Å². The third-order valence-corrected chi connectivity index (χ3v) is 4.35. The molecule has 8 heteroatoms. The number of nitrogens with one attached hydrogen (secondary N) is 2. The van der Waals surface area contributed by atoms with Crippen LogP contribution in [0.4, 0.5) is 0 Å². The van der Waals surface area contributed by atoms with Gasteiger partial charge in [0.2, 0.25) is 0 Å². The molecule has 0 aliphatic carbocycles. The van der Waals surface area contributed by atoms with Crippen molar-refractivity contribution in [2.45, 2.75) is 26.3 Å². The van der Waals surface area contributed by atoms with Crippen LogP contribution in [0.5, 0.6) is 0 Å². The average molecular weight is 410 g/mol. The molecule has 0 aromatic heterocycles. The Bertz CT molecular complexity index is 699. The second kappa shape index (κ2) is 9.18. The molecule has 25 heavy (non-hydrogen) atoms. The number of esters is 1. The van der Waals surface area contributed by atoms with Crippen molar-refractivity contribution in [3.63, 3.8) is 0 Å². The predicted molar refractivity (Wildman–Crippen MR) is 94.4 cm³/mol. The van der Waals surface area contributed by atoms with E-state index in [2.05, 4.69) is 26.6 Å². The van der Waals surface area contributed by atoms with E-state index in [1.54, 1.807) is 45.0 Å². The van der Waals surface area contributed by atoms with Crippen molar-refractivity contribution in [3.05, 3.63) is 34.3 Å². The van der Waals surface area contributed by atoms with Crippen molar-refractivity contribution in [2.75, 3.05) is 13.2 Å². The van der Waals surface area contributed by atoms with Gasteiger partial charge in [0.15, 0.2) is 6.61 Å². The molecule has 1 aromatic carbocycles. The molecular formula is C17H20BrN3O4. The molecular weight excluding hydrogens is 390 g/mol. The van der Waals surface area contributed by atoms with Gasteiger partial charge in [-0.25, -0.2) is 0 Å². The number of halogens is 1. The lowest BCUT2D eigenvalue weighted by molar-refractivity contribution is -0.147. The highest BCUT2D eigenvalue weighted by molar-refractivity contribution is 9.10. The summed E-state index contributed by atoms with van der Waals surface area (Å²) in [6, 6.07) is 8.80. The zero-order valence-corrected chi connectivity index (χ0v) is 15.8. The number of benzene rings is 1. The zero-order chi connectivity index (χ0) is 19.0. The minimum absolute atomic E-state index is 0.110. The summed E-state index contributed by atoms with van der Waals surface area (Å²) in [4.78, 5) is 35.4. The van der Waals surface area contributed by atoms with E-state index < -0.39 is 29.9 Å². The molecule has 0 bridgehead atoms. The van der Waals surface area contributed by atoms with Gasteiger partial charge >= 0.3 is 5.97 Å². The summed E-state index contributed by atoms with van der Waals surface area (Å²) in [6.07, 6.45) is 0. The van der Waals surface area contributed by atoms with Crippen LogP contribution < -0.4 is 10.6 Å². The largest absolute Gasteiger partial charge is 0.454 e. The van der Waals surface area contributed by atoms with E-state index in [0.717, 1.165) is 0 Å². The molecule has 0 unspecified atom stereocenters. The molecule has 0 aliphatic rings. The van der Waals surface area contributed by atoms with E-state index in [4.69, 9.17) is 10.00 Å². The highest BCUT2D eigenvalue weighted by Crippen LogP contribution is 2.15. The second-order valence-electron chi connectivity index (χ2n) is 5.84. The Morgan fingerprint density at radius 1 is 1.32 bits per heavy atom. The maximum Gasteiger partial charge on any atom is 0.325 e. The van der Waals surface area contributed by atoms with E-state index in [9.17, 15) is 14.4 Å². The molecule has 1 atom stereocenters. The molecule has 0 aliphatic heterocycles. The molecule has 2 amide bonds. The van der Waals surface area contributed by atoms with Gasteiger partial charge < -0.3 is 15.4 Å². The van der Waals surface area contributed by atoms with Crippen LogP contribution in [0.2, 0.25) is 0 Å². The van der Waals surface area contributed by atoms with Crippen LogP contribution in [0.25, 0.3) is 0 Å². The zero-order valence-electron chi connectivity index (χ0n) is 14.3. The molecule has 134 valence electrons. The summed E-state index contributed by atoms with van der Waals surface area (Å²) in [6.45, 7) is 4.30. The first kappa shape index (κ1) is 20.6. The summed E-state index contributed by atoms with van der Waals surface area (Å²) in [5.41, 5.74) is -0.660. The van der Waals surface area contributed by atoms with Crippen molar-refractivity contribution >= 4 is 33.7 Å². The van der Waals surface area contributed by atoms with Gasteiger partial charge in [-0.15, -0.1) is 0 Å². The maximum absolute atomic E-state index is 11.9. The number of rotatable bonds is 7. The number of amides is 2. The Labute approximate surface area is 154 Å². The first-order chi connectivity index (χ1) is 11.7. The lowest BCUT2D eigenvalue weighted by atomic mass is 9.90. The molecule has 1 aromatic rings. The lowest BCUT2D eigenvalue weighted by Gasteiger charge is -2.27. The molecule has 0 saturated heterocycles. The van der Waals surface area contributed by atoms with Gasteiger partial charge in [0, 0.05) is 4.47 Å². The smallest absolute Gasteiger partial charge is 0.325 e. The Hall–Kier alpha value is -2.40. The van der Waals surface area contributed by atoms with Gasteiger partial charge in [-0.1, -0.05) is 26.0 Å². The number of hydrogen-bond acceptors (Lipinski definition) is 5. The fourth-order valence-corrected chi connectivity index (χ4v) is 2.18. The van der Waals surface area contributed by atoms with E-state index in [0.29, 0.717) is 10.0 Å².